The highest BCUT2D eigenvalue weighted by Gasteiger charge is 2.42. The van der Waals surface area contributed by atoms with Gasteiger partial charge in [-0.3, -0.25) is 9.69 Å². The molecule has 2 N–H and O–H groups in total. The topological polar surface area (TPSA) is 78.9 Å². The molecule has 0 bridgehead atoms. The number of rotatable bonds is 4. The van der Waals surface area contributed by atoms with Crippen LogP contribution in [0, 0.1) is 5.82 Å². The number of nitrogens with one attached hydrogen (secondary N) is 1. The fourth-order valence-electron chi connectivity index (χ4n) is 2.83. The molecule has 1 aromatic rings. The summed E-state index contributed by atoms with van der Waals surface area (Å²) in [5.74, 6) is -1.48. The molecule has 0 aromatic heterocycles. The van der Waals surface area contributed by atoms with Crippen molar-refractivity contribution in [3.05, 3.63) is 34.6 Å². The third kappa shape index (κ3) is 5.29. The summed E-state index contributed by atoms with van der Waals surface area (Å²) in [6, 6.07) is 1.99. The first kappa shape index (κ1) is 21.4. The first-order valence-electron chi connectivity index (χ1n) is 8.52. The van der Waals surface area contributed by atoms with Crippen LogP contribution in [0.4, 0.5) is 13.6 Å². The van der Waals surface area contributed by atoms with E-state index in [1.54, 1.807) is 20.8 Å². The number of benzene rings is 1. The zero-order valence-corrected chi connectivity index (χ0v) is 16.1. The van der Waals surface area contributed by atoms with Gasteiger partial charge in [0.2, 0.25) is 5.91 Å². The maximum absolute atomic E-state index is 14.2. The highest BCUT2D eigenvalue weighted by molar-refractivity contribution is 6.30. The molecule has 9 heteroatoms. The van der Waals surface area contributed by atoms with Gasteiger partial charge in [0.1, 0.15) is 23.6 Å². The summed E-state index contributed by atoms with van der Waals surface area (Å²) in [4.78, 5) is 25.9. The number of likely N-dealkylation sites (tertiary alicyclic amines) is 1. The summed E-state index contributed by atoms with van der Waals surface area (Å²) < 4.78 is 33.3. The van der Waals surface area contributed by atoms with Gasteiger partial charge in [-0.1, -0.05) is 23.7 Å². The predicted molar refractivity (Wildman–Crippen MR) is 95.6 cm³/mol. The smallest absolute Gasteiger partial charge is 0.411 e. The minimum absolute atomic E-state index is 0.00281. The predicted octanol–water partition coefficient (Wildman–Crippen LogP) is 2.98. The molecule has 1 heterocycles. The number of nitrogens with zero attached hydrogens (tertiary/aromatic N) is 1. The zero-order chi connectivity index (χ0) is 20.4. The van der Waals surface area contributed by atoms with Crippen molar-refractivity contribution >= 4 is 23.6 Å². The van der Waals surface area contributed by atoms with Crippen LogP contribution in [-0.2, 0) is 9.53 Å². The van der Waals surface area contributed by atoms with Crippen molar-refractivity contribution in [1.29, 1.82) is 0 Å². The molecule has 3 atom stereocenters. The number of carbonyl (C=O) groups is 2. The molecule has 150 valence electrons. The van der Waals surface area contributed by atoms with E-state index in [0.29, 0.717) is 0 Å². The quantitative estimate of drug-likeness (QED) is 0.808. The van der Waals surface area contributed by atoms with Crippen molar-refractivity contribution in [2.75, 3.05) is 13.2 Å². The number of alkyl halides is 1. The number of hydrogen-bond donors (Lipinski definition) is 2. The van der Waals surface area contributed by atoms with Crippen LogP contribution in [0.3, 0.4) is 0 Å². The van der Waals surface area contributed by atoms with Gasteiger partial charge in [0.15, 0.2) is 0 Å². The molecule has 0 radical (unpaired) electrons. The molecule has 1 saturated heterocycles. The second-order valence-electron chi connectivity index (χ2n) is 7.37. The van der Waals surface area contributed by atoms with E-state index in [-0.39, 0.29) is 23.6 Å². The Morgan fingerprint density at radius 3 is 2.70 bits per heavy atom. The standard InChI is InChI=1S/C18H23ClF2N2O4/c1-18(2,3)27-17(26)23-8-10(20)7-14(23)16(25)22-13(9-24)11-5-4-6-12(19)15(11)21/h4-6,10,13-14,24H,7-9H2,1-3H3,(H,22,25)/t10-,13?,14+/m1/s1. The fraction of sp³-hybridized carbons (Fsp3) is 0.556. The lowest BCUT2D eigenvalue weighted by Gasteiger charge is -2.28. The zero-order valence-electron chi connectivity index (χ0n) is 15.3. The second-order valence-corrected chi connectivity index (χ2v) is 7.78. The lowest BCUT2D eigenvalue weighted by atomic mass is 10.1. The molecule has 0 aliphatic carbocycles. The number of halogens is 3. The summed E-state index contributed by atoms with van der Waals surface area (Å²) in [7, 11) is 0. The number of hydrogen-bond acceptors (Lipinski definition) is 4. The minimum atomic E-state index is -1.39. The lowest BCUT2D eigenvalue weighted by molar-refractivity contribution is -0.126. The Labute approximate surface area is 161 Å². The van der Waals surface area contributed by atoms with Crippen molar-refractivity contribution in [1.82, 2.24) is 10.2 Å². The van der Waals surface area contributed by atoms with E-state index in [2.05, 4.69) is 5.32 Å². The molecule has 1 aliphatic rings. The molecule has 1 unspecified atom stereocenters. The van der Waals surface area contributed by atoms with Crippen molar-refractivity contribution in [2.24, 2.45) is 0 Å². The van der Waals surface area contributed by atoms with E-state index in [1.165, 1.54) is 18.2 Å². The number of aliphatic hydroxyl groups is 1. The van der Waals surface area contributed by atoms with Crippen molar-refractivity contribution in [3.63, 3.8) is 0 Å². The summed E-state index contributed by atoms with van der Waals surface area (Å²) in [6.07, 6.45) is -2.40. The van der Waals surface area contributed by atoms with Gasteiger partial charge in [-0.05, 0) is 26.8 Å². The summed E-state index contributed by atoms with van der Waals surface area (Å²) in [5.41, 5.74) is -0.804. The Bertz CT molecular complexity index is 711. The van der Waals surface area contributed by atoms with Gasteiger partial charge < -0.3 is 15.2 Å². The van der Waals surface area contributed by atoms with Gasteiger partial charge in [-0.15, -0.1) is 0 Å². The van der Waals surface area contributed by atoms with E-state index in [9.17, 15) is 23.5 Å². The third-order valence-electron chi connectivity index (χ3n) is 4.04. The van der Waals surface area contributed by atoms with E-state index in [4.69, 9.17) is 16.3 Å². The number of aliphatic hydroxyl groups excluding tert-OH is 1. The third-order valence-corrected chi connectivity index (χ3v) is 4.33. The molecule has 1 aliphatic heterocycles. The molecule has 2 amide bonds. The van der Waals surface area contributed by atoms with Gasteiger partial charge in [0.25, 0.3) is 0 Å². The maximum atomic E-state index is 14.2. The molecule has 1 fully saturated rings. The molecule has 0 saturated carbocycles. The van der Waals surface area contributed by atoms with Crippen LogP contribution in [0.25, 0.3) is 0 Å². The van der Waals surface area contributed by atoms with E-state index in [0.717, 1.165) is 4.90 Å². The molecule has 27 heavy (non-hydrogen) atoms. The van der Waals surface area contributed by atoms with E-state index in [1.807, 2.05) is 0 Å². The number of ether oxygens (including phenoxy) is 1. The SMILES string of the molecule is CC(C)(C)OC(=O)N1C[C@H](F)C[C@H]1C(=O)NC(CO)c1cccc(Cl)c1F. The minimum Gasteiger partial charge on any atom is -0.444 e. The van der Waals surface area contributed by atoms with Gasteiger partial charge in [-0.2, -0.15) is 0 Å². The number of amides is 2. The van der Waals surface area contributed by atoms with Crippen molar-refractivity contribution in [3.8, 4) is 0 Å². The summed E-state index contributed by atoms with van der Waals surface area (Å²) in [6.45, 7) is 4.11. The first-order chi connectivity index (χ1) is 12.5. The Morgan fingerprint density at radius 2 is 2.11 bits per heavy atom. The number of carbonyl (C=O) groups excluding carboxylic acids is 2. The van der Waals surface area contributed by atoms with E-state index >= 15 is 0 Å². The van der Waals surface area contributed by atoms with Crippen LogP contribution in [-0.4, -0.2) is 53.0 Å². The molecular formula is C18H23ClF2N2O4. The van der Waals surface area contributed by atoms with Crippen molar-refractivity contribution < 1.29 is 28.2 Å². The average Bonchev–Trinajstić information content (AvgIpc) is 2.96. The van der Waals surface area contributed by atoms with E-state index < -0.39 is 48.3 Å². The highest BCUT2D eigenvalue weighted by Crippen LogP contribution is 2.26. The van der Waals surface area contributed by atoms with Crippen LogP contribution >= 0.6 is 11.6 Å². The van der Waals surface area contributed by atoms with Crippen LogP contribution in [0.15, 0.2) is 18.2 Å². The molecule has 2 rings (SSSR count). The van der Waals surface area contributed by atoms with Gasteiger partial charge in [0.05, 0.1) is 24.2 Å². The van der Waals surface area contributed by atoms with Gasteiger partial charge in [0, 0.05) is 12.0 Å². The Hall–Kier alpha value is -1.93. The second kappa shape index (κ2) is 8.39. The fourth-order valence-corrected chi connectivity index (χ4v) is 3.02. The summed E-state index contributed by atoms with van der Waals surface area (Å²) in [5, 5.41) is 11.9. The molecule has 1 aromatic carbocycles. The highest BCUT2D eigenvalue weighted by atomic mass is 35.5. The van der Waals surface area contributed by atoms with Gasteiger partial charge in [-0.25, -0.2) is 13.6 Å². The van der Waals surface area contributed by atoms with Crippen LogP contribution in [0.5, 0.6) is 0 Å². The Kier molecular flexibility index (Phi) is 6.64. The Balaban J connectivity index is 2.16. The average molecular weight is 405 g/mol. The summed E-state index contributed by atoms with van der Waals surface area (Å²) >= 11 is 5.74. The van der Waals surface area contributed by atoms with Crippen molar-refractivity contribution in [2.45, 2.75) is 51.0 Å². The Morgan fingerprint density at radius 1 is 1.44 bits per heavy atom. The van der Waals surface area contributed by atoms with Crippen LogP contribution in [0.2, 0.25) is 5.02 Å². The van der Waals surface area contributed by atoms with Gasteiger partial charge >= 0.3 is 6.09 Å². The molecular weight excluding hydrogens is 382 g/mol. The normalized spacial score (nSPS) is 21.1. The molecule has 6 nitrogen and oxygen atoms in total. The van der Waals surface area contributed by atoms with Crippen LogP contribution in [0.1, 0.15) is 38.8 Å². The van der Waals surface area contributed by atoms with Crippen LogP contribution < -0.4 is 5.32 Å². The maximum Gasteiger partial charge on any atom is 0.411 e. The lowest BCUT2D eigenvalue weighted by Crippen LogP contribution is -2.48. The molecule has 0 spiro atoms. The monoisotopic (exact) mass is 404 g/mol. The first-order valence-corrected chi connectivity index (χ1v) is 8.90. The largest absolute Gasteiger partial charge is 0.444 e.